The van der Waals surface area contributed by atoms with Crippen molar-refractivity contribution in [3.63, 3.8) is 0 Å². The van der Waals surface area contributed by atoms with Crippen LogP contribution in [0.3, 0.4) is 0 Å². The van der Waals surface area contributed by atoms with E-state index in [9.17, 15) is 9.59 Å². The number of fused-ring (bicyclic) bond motifs is 1. The average Bonchev–Trinajstić information content (AvgIpc) is 3.15. The largest absolute Gasteiger partial charge is 0.459 e. The Morgan fingerprint density at radius 2 is 2.00 bits per heavy atom. The fourth-order valence-corrected chi connectivity index (χ4v) is 3.52. The van der Waals surface area contributed by atoms with Gasteiger partial charge in [0.05, 0.1) is 11.6 Å². The highest BCUT2D eigenvalue weighted by Crippen LogP contribution is 2.24. The van der Waals surface area contributed by atoms with Gasteiger partial charge in [0.2, 0.25) is 0 Å². The molecule has 0 aliphatic heterocycles. The van der Waals surface area contributed by atoms with Crippen molar-refractivity contribution in [3.05, 3.63) is 57.5 Å². The van der Waals surface area contributed by atoms with Crippen LogP contribution in [0.5, 0.6) is 0 Å². The SMILES string of the molecule is Cc1cc(C(=O)OCC(=O)N[C@H](C)c2cc3ccccc3o2)c(C)s1. The maximum atomic E-state index is 12.0. The van der Waals surface area contributed by atoms with E-state index in [-0.39, 0.29) is 18.6 Å². The molecule has 2 aromatic heterocycles. The van der Waals surface area contributed by atoms with Crippen molar-refractivity contribution in [2.24, 2.45) is 0 Å². The van der Waals surface area contributed by atoms with Crippen molar-refractivity contribution in [3.8, 4) is 0 Å². The van der Waals surface area contributed by atoms with Gasteiger partial charge in [-0.1, -0.05) is 18.2 Å². The number of amides is 1. The van der Waals surface area contributed by atoms with E-state index in [4.69, 9.17) is 9.15 Å². The highest BCUT2D eigenvalue weighted by molar-refractivity contribution is 7.12. The molecule has 130 valence electrons. The Morgan fingerprint density at radius 3 is 2.68 bits per heavy atom. The third-order valence-corrected chi connectivity index (χ3v) is 4.81. The number of carbonyl (C=O) groups excluding carboxylic acids is 2. The second kappa shape index (κ2) is 7.11. The van der Waals surface area contributed by atoms with Crippen molar-refractivity contribution in [2.45, 2.75) is 26.8 Å². The Balaban J connectivity index is 1.56. The summed E-state index contributed by atoms with van der Waals surface area (Å²) in [6.07, 6.45) is 0. The fraction of sp³-hybridized carbons (Fsp3) is 0.263. The lowest BCUT2D eigenvalue weighted by molar-refractivity contribution is -0.125. The highest BCUT2D eigenvalue weighted by Gasteiger charge is 2.17. The van der Waals surface area contributed by atoms with Gasteiger partial charge in [-0.05, 0) is 39.0 Å². The molecule has 0 unspecified atom stereocenters. The number of esters is 1. The summed E-state index contributed by atoms with van der Waals surface area (Å²) in [4.78, 5) is 26.0. The summed E-state index contributed by atoms with van der Waals surface area (Å²) in [6, 6.07) is 11.0. The van der Waals surface area contributed by atoms with Gasteiger partial charge in [0.1, 0.15) is 11.3 Å². The summed E-state index contributed by atoms with van der Waals surface area (Å²) in [5, 5.41) is 3.76. The Bertz CT molecular complexity index is 892. The van der Waals surface area contributed by atoms with Crippen LogP contribution in [-0.2, 0) is 9.53 Å². The molecule has 2 heterocycles. The zero-order valence-electron chi connectivity index (χ0n) is 14.3. The first-order chi connectivity index (χ1) is 11.9. The zero-order chi connectivity index (χ0) is 18.0. The molecule has 5 nitrogen and oxygen atoms in total. The molecule has 1 aromatic carbocycles. The number of rotatable bonds is 5. The van der Waals surface area contributed by atoms with Crippen LogP contribution in [0.25, 0.3) is 11.0 Å². The minimum absolute atomic E-state index is 0.316. The maximum Gasteiger partial charge on any atom is 0.339 e. The molecule has 0 aliphatic carbocycles. The summed E-state index contributed by atoms with van der Waals surface area (Å²) >= 11 is 1.53. The molecule has 0 bridgehead atoms. The Labute approximate surface area is 149 Å². The first kappa shape index (κ1) is 17.2. The van der Waals surface area contributed by atoms with E-state index < -0.39 is 5.97 Å². The Morgan fingerprint density at radius 1 is 1.24 bits per heavy atom. The minimum Gasteiger partial charge on any atom is -0.459 e. The maximum absolute atomic E-state index is 12.0. The van der Waals surface area contributed by atoms with E-state index >= 15 is 0 Å². The molecular formula is C19H19NO4S. The van der Waals surface area contributed by atoms with Gasteiger partial charge in [-0.25, -0.2) is 4.79 Å². The first-order valence-corrected chi connectivity index (χ1v) is 8.77. The number of aryl methyl sites for hydroxylation is 2. The monoisotopic (exact) mass is 357 g/mol. The Kier molecular flexibility index (Phi) is 4.90. The van der Waals surface area contributed by atoms with Crippen LogP contribution in [0.1, 0.15) is 38.8 Å². The number of nitrogens with one attached hydrogen (secondary N) is 1. The van der Waals surface area contributed by atoms with Gasteiger partial charge in [0.25, 0.3) is 5.91 Å². The van der Waals surface area contributed by atoms with Gasteiger partial charge >= 0.3 is 5.97 Å². The molecule has 0 saturated carbocycles. The molecule has 25 heavy (non-hydrogen) atoms. The summed E-state index contributed by atoms with van der Waals surface area (Å²) in [7, 11) is 0. The normalized spacial score (nSPS) is 12.1. The lowest BCUT2D eigenvalue weighted by Gasteiger charge is -2.11. The molecule has 1 N–H and O–H groups in total. The van der Waals surface area contributed by atoms with E-state index in [0.717, 1.165) is 20.7 Å². The van der Waals surface area contributed by atoms with Crippen LogP contribution in [-0.4, -0.2) is 18.5 Å². The van der Waals surface area contributed by atoms with E-state index in [1.165, 1.54) is 11.3 Å². The van der Waals surface area contributed by atoms with Crippen molar-refractivity contribution in [2.75, 3.05) is 6.61 Å². The molecular weight excluding hydrogens is 338 g/mol. The van der Waals surface area contributed by atoms with Gasteiger partial charge in [0, 0.05) is 15.1 Å². The third kappa shape index (κ3) is 3.91. The van der Waals surface area contributed by atoms with Crippen molar-refractivity contribution >= 4 is 34.2 Å². The zero-order valence-corrected chi connectivity index (χ0v) is 15.1. The molecule has 0 saturated heterocycles. The molecule has 3 rings (SSSR count). The van der Waals surface area contributed by atoms with Gasteiger partial charge in [-0.3, -0.25) is 4.79 Å². The summed E-state index contributed by atoms with van der Waals surface area (Å²) in [5.41, 5.74) is 1.29. The topological polar surface area (TPSA) is 68.5 Å². The van der Waals surface area contributed by atoms with E-state index in [0.29, 0.717) is 11.3 Å². The van der Waals surface area contributed by atoms with E-state index in [1.807, 2.05) is 51.1 Å². The molecule has 3 aromatic rings. The van der Waals surface area contributed by atoms with Crippen molar-refractivity contribution in [1.29, 1.82) is 0 Å². The smallest absolute Gasteiger partial charge is 0.339 e. The number of thiophene rings is 1. The highest BCUT2D eigenvalue weighted by atomic mass is 32.1. The number of hydrogen-bond donors (Lipinski definition) is 1. The van der Waals surface area contributed by atoms with Gasteiger partial charge < -0.3 is 14.5 Å². The lowest BCUT2D eigenvalue weighted by Crippen LogP contribution is -2.31. The molecule has 0 fully saturated rings. The van der Waals surface area contributed by atoms with Crippen LogP contribution < -0.4 is 5.32 Å². The summed E-state index contributed by atoms with van der Waals surface area (Å²) in [6.45, 7) is 5.29. The minimum atomic E-state index is -0.478. The number of hydrogen-bond acceptors (Lipinski definition) is 5. The predicted octanol–water partition coefficient (Wildman–Crippen LogP) is 4.15. The number of ether oxygens (including phenoxy) is 1. The number of para-hydroxylation sites is 1. The summed E-state index contributed by atoms with van der Waals surface area (Å²) in [5.74, 6) is -0.190. The van der Waals surface area contributed by atoms with Crippen LogP contribution in [0, 0.1) is 13.8 Å². The fourth-order valence-electron chi connectivity index (χ4n) is 2.61. The summed E-state index contributed by atoms with van der Waals surface area (Å²) < 4.78 is 10.8. The standard InChI is InChI=1S/C19H19NO4S/c1-11-8-15(13(3)25-11)19(22)23-10-18(21)20-12(2)17-9-14-6-4-5-7-16(14)24-17/h4-9,12H,10H2,1-3H3,(H,20,21)/t12-/m1/s1. The molecule has 0 aliphatic rings. The van der Waals surface area contributed by atoms with Gasteiger partial charge in [-0.15, -0.1) is 11.3 Å². The van der Waals surface area contributed by atoms with Crippen LogP contribution >= 0.6 is 11.3 Å². The number of carbonyl (C=O) groups is 2. The predicted molar refractivity (Wildman–Crippen MR) is 96.8 cm³/mol. The quantitative estimate of drug-likeness (QED) is 0.697. The molecule has 0 radical (unpaired) electrons. The first-order valence-electron chi connectivity index (χ1n) is 7.96. The van der Waals surface area contributed by atoms with Crippen molar-refractivity contribution < 1.29 is 18.7 Å². The number of furan rings is 1. The van der Waals surface area contributed by atoms with Gasteiger partial charge in [0.15, 0.2) is 6.61 Å². The average molecular weight is 357 g/mol. The van der Waals surface area contributed by atoms with E-state index in [1.54, 1.807) is 6.07 Å². The lowest BCUT2D eigenvalue weighted by atomic mass is 10.2. The number of benzene rings is 1. The van der Waals surface area contributed by atoms with Crippen LogP contribution in [0.15, 0.2) is 40.8 Å². The molecule has 6 heteroatoms. The second-order valence-corrected chi connectivity index (χ2v) is 7.34. The molecule has 1 atom stereocenters. The third-order valence-electron chi connectivity index (χ3n) is 3.84. The Hall–Kier alpha value is -2.60. The van der Waals surface area contributed by atoms with Crippen molar-refractivity contribution in [1.82, 2.24) is 5.32 Å². The van der Waals surface area contributed by atoms with Gasteiger partial charge in [-0.2, -0.15) is 0 Å². The van der Waals surface area contributed by atoms with E-state index in [2.05, 4.69) is 5.32 Å². The second-order valence-electron chi connectivity index (χ2n) is 5.88. The van der Waals surface area contributed by atoms with Crippen LogP contribution in [0.4, 0.5) is 0 Å². The molecule has 0 spiro atoms. The molecule has 1 amide bonds. The van der Waals surface area contributed by atoms with Crippen LogP contribution in [0.2, 0.25) is 0 Å².